The van der Waals surface area contributed by atoms with Crippen LogP contribution in [0.5, 0.6) is 11.5 Å². The topological polar surface area (TPSA) is 77.0 Å². The largest absolute Gasteiger partial charge is 0.490 e. The van der Waals surface area contributed by atoms with Gasteiger partial charge in [0.15, 0.2) is 16.7 Å². The lowest BCUT2D eigenvalue weighted by Gasteiger charge is -2.15. The van der Waals surface area contributed by atoms with Gasteiger partial charge in [-0.15, -0.1) is 0 Å². The van der Waals surface area contributed by atoms with Gasteiger partial charge in [-0.2, -0.15) is 4.99 Å². The Kier molecular flexibility index (Phi) is 7.89. The van der Waals surface area contributed by atoms with Gasteiger partial charge in [0, 0.05) is 6.92 Å². The summed E-state index contributed by atoms with van der Waals surface area (Å²) < 4.78 is 11.6. The van der Waals surface area contributed by atoms with Crippen molar-refractivity contribution in [2.24, 2.45) is 4.99 Å². The minimum Gasteiger partial charge on any atom is -0.490 e. The second-order valence-electron chi connectivity index (χ2n) is 6.31. The summed E-state index contributed by atoms with van der Waals surface area (Å²) >= 11 is 19.5. The van der Waals surface area contributed by atoms with Gasteiger partial charge >= 0.3 is 0 Å². The molecule has 0 radical (unpaired) electrons. The Bertz CT molecular complexity index is 1100. The zero-order valence-corrected chi connectivity index (χ0v) is 19.6. The molecule has 0 spiro atoms. The van der Waals surface area contributed by atoms with E-state index >= 15 is 0 Å². The summed E-state index contributed by atoms with van der Waals surface area (Å²) in [7, 11) is 0. The molecule has 2 aromatic rings. The van der Waals surface area contributed by atoms with Gasteiger partial charge in [0.2, 0.25) is 5.91 Å². The number of nitrogens with one attached hydrogen (secondary N) is 1. The van der Waals surface area contributed by atoms with Crippen molar-refractivity contribution in [2.75, 3.05) is 6.61 Å². The van der Waals surface area contributed by atoms with Crippen molar-refractivity contribution >= 4 is 69.6 Å². The lowest BCUT2D eigenvalue weighted by atomic mass is 10.1. The summed E-state index contributed by atoms with van der Waals surface area (Å²) in [5.74, 6) is 0.0610. The van der Waals surface area contributed by atoms with Crippen LogP contribution in [-0.4, -0.2) is 23.6 Å². The van der Waals surface area contributed by atoms with Gasteiger partial charge in [-0.3, -0.25) is 9.59 Å². The van der Waals surface area contributed by atoms with Gasteiger partial charge in [0.1, 0.15) is 6.61 Å². The molecule has 0 bridgehead atoms. The first-order chi connectivity index (χ1) is 14.8. The highest BCUT2D eigenvalue weighted by Gasteiger charge is 2.23. The first-order valence-electron chi connectivity index (χ1n) is 9.10. The third kappa shape index (κ3) is 6.17. The van der Waals surface area contributed by atoms with Crippen molar-refractivity contribution in [3.05, 3.63) is 61.4 Å². The smallest absolute Gasteiger partial charge is 0.286 e. The standard InChI is InChI=1S/C21H17Cl3N2O4S/c1-3-29-17-8-13(9-18-20(28)26-21(31-18)25-11(2)27)7-16(24)19(17)30-10-12-4-5-14(22)15(23)6-12/h4-9H,3,10H2,1-2H3,(H,25,26,27,28)/b18-9-. The molecule has 6 nitrogen and oxygen atoms in total. The molecule has 1 aliphatic heterocycles. The van der Waals surface area contributed by atoms with Crippen molar-refractivity contribution in [3.8, 4) is 11.5 Å². The minimum atomic E-state index is -0.442. The van der Waals surface area contributed by atoms with E-state index < -0.39 is 5.91 Å². The first kappa shape index (κ1) is 23.5. The third-order valence-corrected chi connectivity index (χ3v) is 5.82. The zero-order valence-electron chi connectivity index (χ0n) is 16.5. The van der Waals surface area contributed by atoms with Gasteiger partial charge in [0.25, 0.3) is 5.91 Å². The molecule has 1 heterocycles. The van der Waals surface area contributed by atoms with E-state index in [0.29, 0.717) is 43.6 Å². The molecule has 3 rings (SSSR count). The number of benzene rings is 2. The highest BCUT2D eigenvalue weighted by molar-refractivity contribution is 8.18. The summed E-state index contributed by atoms with van der Waals surface area (Å²) in [6, 6.07) is 8.59. The number of nitrogens with zero attached hydrogens (tertiary/aromatic N) is 1. The molecule has 2 amide bonds. The normalized spacial score (nSPS) is 14.5. The van der Waals surface area contributed by atoms with Crippen LogP contribution in [0.1, 0.15) is 25.0 Å². The van der Waals surface area contributed by atoms with Crippen molar-refractivity contribution in [2.45, 2.75) is 20.5 Å². The quantitative estimate of drug-likeness (QED) is 0.514. The fourth-order valence-corrected chi connectivity index (χ4v) is 4.08. The zero-order chi connectivity index (χ0) is 22.5. The maximum absolute atomic E-state index is 12.1. The SMILES string of the molecule is CCOc1cc(/C=C2\SC(NC(C)=O)=NC2=O)cc(Cl)c1OCc1ccc(Cl)c(Cl)c1. The summed E-state index contributed by atoms with van der Waals surface area (Å²) in [4.78, 5) is 27.4. The number of hydrogen-bond acceptors (Lipinski definition) is 5. The molecule has 0 atom stereocenters. The van der Waals surface area contributed by atoms with Crippen molar-refractivity contribution in [1.29, 1.82) is 0 Å². The van der Waals surface area contributed by atoms with Crippen LogP contribution < -0.4 is 14.8 Å². The molecule has 1 aliphatic rings. The Morgan fingerprint density at radius 2 is 1.90 bits per heavy atom. The van der Waals surface area contributed by atoms with Crippen molar-refractivity contribution in [3.63, 3.8) is 0 Å². The lowest BCUT2D eigenvalue weighted by Crippen LogP contribution is -2.23. The number of carbonyl (C=O) groups excluding carboxylic acids is 2. The molecular weight excluding hydrogens is 483 g/mol. The Hall–Kier alpha value is -2.19. The summed E-state index contributed by atoms with van der Waals surface area (Å²) in [5, 5.41) is 3.95. The molecule has 0 saturated heterocycles. The van der Waals surface area contributed by atoms with E-state index in [1.54, 1.807) is 36.4 Å². The van der Waals surface area contributed by atoms with Gasteiger partial charge in [-0.25, -0.2) is 0 Å². The maximum atomic E-state index is 12.1. The molecule has 0 saturated carbocycles. The number of hydrogen-bond donors (Lipinski definition) is 1. The summed E-state index contributed by atoms with van der Waals surface area (Å²) in [6.07, 6.45) is 1.63. The Labute approximate surface area is 198 Å². The lowest BCUT2D eigenvalue weighted by molar-refractivity contribution is -0.117. The van der Waals surface area contributed by atoms with Crippen LogP contribution in [0.2, 0.25) is 15.1 Å². The predicted octanol–water partition coefficient (Wildman–Crippen LogP) is 5.73. The van der Waals surface area contributed by atoms with Crippen LogP contribution in [0.25, 0.3) is 6.08 Å². The number of rotatable bonds is 6. The molecule has 31 heavy (non-hydrogen) atoms. The molecule has 0 fully saturated rings. The fraction of sp³-hybridized carbons (Fsp3) is 0.190. The molecule has 2 aromatic carbocycles. The molecule has 0 unspecified atom stereocenters. The van der Waals surface area contributed by atoms with Crippen LogP contribution in [0, 0.1) is 0 Å². The van der Waals surface area contributed by atoms with Gasteiger partial charge < -0.3 is 14.8 Å². The highest BCUT2D eigenvalue weighted by atomic mass is 35.5. The van der Waals surface area contributed by atoms with Crippen LogP contribution in [-0.2, 0) is 16.2 Å². The molecular formula is C21H17Cl3N2O4S. The van der Waals surface area contributed by atoms with E-state index in [-0.39, 0.29) is 17.7 Å². The van der Waals surface area contributed by atoms with Crippen LogP contribution >= 0.6 is 46.6 Å². The monoisotopic (exact) mass is 498 g/mol. The number of halogens is 3. The van der Waals surface area contributed by atoms with E-state index in [0.717, 1.165) is 17.3 Å². The van der Waals surface area contributed by atoms with Crippen molar-refractivity contribution in [1.82, 2.24) is 5.32 Å². The maximum Gasteiger partial charge on any atom is 0.286 e. The minimum absolute atomic E-state index is 0.208. The van der Waals surface area contributed by atoms with E-state index in [1.165, 1.54) is 6.92 Å². The van der Waals surface area contributed by atoms with Gasteiger partial charge in [-0.05, 0) is 60.2 Å². The summed E-state index contributed by atoms with van der Waals surface area (Å²) in [6.45, 7) is 3.79. The van der Waals surface area contributed by atoms with E-state index in [9.17, 15) is 9.59 Å². The molecule has 162 valence electrons. The average Bonchev–Trinajstić information content (AvgIpc) is 3.02. The van der Waals surface area contributed by atoms with E-state index in [4.69, 9.17) is 44.3 Å². The number of carbonyl (C=O) groups is 2. The molecule has 10 heteroatoms. The summed E-state index contributed by atoms with van der Waals surface area (Å²) in [5.41, 5.74) is 1.44. The second kappa shape index (κ2) is 10.4. The van der Waals surface area contributed by atoms with Gasteiger partial charge in [0.05, 0.1) is 26.6 Å². The van der Waals surface area contributed by atoms with Crippen LogP contribution in [0.4, 0.5) is 0 Å². The molecule has 0 aliphatic carbocycles. The number of aliphatic imine (C=N–C) groups is 1. The highest BCUT2D eigenvalue weighted by Crippen LogP contribution is 2.39. The third-order valence-electron chi connectivity index (χ3n) is 3.90. The number of amidine groups is 1. The second-order valence-corrected chi connectivity index (χ2v) is 8.57. The fourth-order valence-electron chi connectivity index (χ4n) is 2.62. The van der Waals surface area contributed by atoms with E-state index in [1.807, 2.05) is 6.92 Å². The number of thioether (sulfide) groups is 1. The Balaban J connectivity index is 1.82. The molecule has 1 N–H and O–H groups in total. The Morgan fingerprint density at radius 1 is 1.13 bits per heavy atom. The number of amides is 2. The van der Waals surface area contributed by atoms with E-state index in [2.05, 4.69) is 10.3 Å². The predicted molar refractivity (Wildman–Crippen MR) is 125 cm³/mol. The first-order valence-corrected chi connectivity index (χ1v) is 11.0. The average molecular weight is 500 g/mol. The van der Waals surface area contributed by atoms with Crippen LogP contribution in [0.3, 0.4) is 0 Å². The van der Waals surface area contributed by atoms with Crippen LogP contribution in [0.15, 0.2) is 40.2 Å². The Morgan fingerprint density at radius 3 is 2.58 bits per heavy atom. The van der Waals surface area contributed by atoms with Crippen molar-refractivity contribution < 1.29 is 19.1 Å². The molecule has 0 aromatic heterocycles. The number of ether oxygens (including phenoxy) is 2. The van der Waals surface area contributed by atoms with Gasteiger partial charge in [-0.1, -0.05) is 40.9 Å².